The van der Waals surface area contributed by atoms with Gasteiger partial charge >= 0.3 is 0 Å². The van der Waals surface area contributed by atoms with Gasteiger partial charge in [0, 0.05) is 13.2 Å². The van der Waals surface area contributed by atoms with E-state index in [9.17, 15) is 9.59 Å². The molecule has 12 heavy (non-hydrogen) atoms. The monoisotopic (exact) mass is 162 g/mol. The zero-order chi connectivity index (χ0) is 8.72. The van der Waals surface area contributed by atoms with E-state index in [-0.39, 0.29) is 17.5 Å². The SMILES string of the molecule is CN1C(=O)c2cccnc2C1=O. The summed E-state index contributed by atoms with van der Waals surface area (Å²) in [4.78, 5) is 27.4. The molecule has 4 nitrogen and oxygen atoms in total. The molecule has 60 valence electrons. The maximum Gasteiger partial charge on any atom is 0.279 e. The summed E-state index contributed by atoms with van der Waals surface area (Å²) in [6.07, 6.45) is 1.50. The third-order valence-electron chi connectivity index (χ3n) is 1.85. The zero-order valence-corrected chi connectivity index (χ0v) is 6.44. The van der Waals surface area contributed by atoms with E-state index in [1.807, 2.05) is 0 Å². The van der Waals surface area contributed by atoms with Crippen molar-refractivity contribution in [2.75, 3.05) is 7.05 Å². The lowest BCUT2D eigenvalue weighted by Gasteiger charge is -2.01. The van der Waals surface area contributed by atoms with Crippen LogP contribution in [-0.2, 0) is 0 Å². The lowest BCUT2D eigenvalue weighted by Crippen LogP contribution is -2.24. The van der Waals surface area contributed by atoms with Gasteiger partial charge in [0.25, 0.3) is 11.8 Å². The van der Waals surface area contributed by atoms with Crippen molar-refractivity contribution in [1.29, 1.82) is 0 Å². The van der Waals surface area contributed by atoms with E-state index in [4.69, 9.17) is 0 Å². The Kier molecular flexibility index (Phi) is 1.24. The maximum atomic E-state index is 11.3. The fourth-order valence-corrected chi connectivity index (χ4v) is 1.18. The molecule has 0 unspecified atom stereocenters. The lowest BCUT2D eigenvalue weighted by atomic mass is 10.2. The second kappa shape index (κ2) is 2.14. The van der Waals surface area contributed by atoms with Crippen molar-refractivity contribution in [1.82, 2.24) is 9.88 Å². The standard InChI is InChI=1S/C8H6N2O2/c1-10-7(11)5-3-2-4-9-6(5)8(10)12/h2-4H,1H3. The van der Waals surface area contributed by atoms with Crippen LogP contribution in [-0.4, -0.2) is 28.7 Å². The van der Waals surface area contributed by atoms with Crippen molar-refractivity contribution < 1.29 is 9.59 Å². The average Bonchev–Trinajstić information content (AvgIpc) is 2.33. The smallest absolute Gasteiger partial charge is 0.276 e. The van der Waals surface area contributed by atoms with Crippen molar-refractivity contribution in [3.63, 3.8) is 0 Å². The lowest BCUT2D eigenvalue weighted by molar-refractivity contribution is 0.0691. The molecule has 2 heterocycles. The van der Waals surface area contributed by atoms with E-state index in [1.54, 1.807) is 12.1 Å². The third kappa shape index (κ3) is 0.689. The van der Waals surface area contributed by atoms with E-state index in [1.165, 1.54) is 13.2 Å². The van der Waals surface area contributed by atoms with Gasteiger partial charge in [0.2, 0.25) is 0 Å². The molecule has 0 aliphatic carbocycles. The molecule has 0 atom stereocenters. The minimum absolute atomic E-state index is 0.255. The van der Waals surface area contributed by atoms with Crippen molar-refractivity contribution in [3.8, 4) is 0 Å². The first-order chi connectivity index (χ1) is 5.72. The normalized spacial score (nSPS) is 15.2. The molecular formula is C8H6N2O2. The van der Waals surface area contributed by atoms with Gasteiger partial charge < -0.3 is 0 Å². The van der Waals surface area contributed by atoms with E-state index in [0.29, 0.717) is 5.56 Å². The molecule has 1 aromatic rings. The van der Waals surface area contributed by atoms with Gasteiger partial charge in [-0.1, -0.05) is 0 Å². The number of pyridine rings is 1. The topological polar surface area (TPSA) is 50.3 Å². The Hall–Kier alpha value is -1.71. The second-order valence-corrected chi connectivity index (χ2v) is 2.57. The Morgan fingerprint density at radius 3 is 2.75 bits per heavy atom. The van der Waals surface area contributed by atoms with Crippen molar-refractivity contribution in [2.24, 2.45) is 0 Å². The van der Waals surface area contributed by atoms with Crippen LogP contribution < -0.4 is 0 Å². The highest BCUT2D eigenvalue weighted by Gasteiger charge is 2.33. The van der Waals surface area contributed by atoms with Gasteiger partial charge in [0.15, 0.2) is 0 Å². The molecule has 1 aliphatic heterocycles. The predicted octanol–water partition coefficient (Wildman–Crippen LogP) is 0.307. The molecule has 0 N–H and O–H groups in total. The minimum Gasteiger partial charge on any atom is -0.276 e. The fraction of sp³-hybridized carbons (Fsp3) is 0.125. The Bertz CT molecular complexity index is 338. The number of aromatic nitrogens is 1. The Labute approximate surface area is 68.8 Å². The largest absolute Gasteiger partial charge is 0.279 e. The summed E-state index contributed by atoms with van der Waals surface area (Å²) in [5.74, 6) is -0.598. The molecule has 1 aromatic heterocycles. The summed E-state index contributed by atoms with van der Waals surface area (Å²) in [5.41, 5.74) is 0.648. The van der Waals surface area contributed by atoms with Crippen molar-refractivity contribution in [3.05, 3.63) is 29.6 Å². The zero-order valence-electron chi connectivity index (χ0n) is 6.44. The first-order valence-corrected chi connectivity index (χ1v) is 3.49. The number of amides is 2. The Morgan fingerprint density at radius 1 is 1.33 bits per heavy atom. The molecule has 0 aromatic carbocycles. The van der Waals surface area contributed by atoms with Crippen LogP contribution in [0.1, 0.15) is 20.8 Å². The van der Waals surface area contributed by atoms with Crippen LogP contribution >= 0.6 is 0 Å². The van der Waals surface area contributed by atoms with Gasteiger partial charge in [-0.3, -0.25) is 19.5 Å². The quantitative estimate of drug-likeness (QED) is 0.516. The van der Waals surface area contributed by atoms with Gasteiger partial charge in [-0.15, -0.1) is 0 Å². The highest BCUT2D eigenvalue weighted by molar-refractivity contribution is 6.20. The van der Waals surface area contributed by atoms with Crippen LogP contribution in [0.15, 0.2) is 18.3 Å². The number of hydrogen-bond acceptors (Lipinski definition) is 3. The Morgan fingerprint density at radius 2 is 2.08 bits per heavy atom. The van der Waals surface area contributed by atoms with Crippen LogP contribution in [0.2, 0.25) is 0 Å². The van der Waals surface area contributed by atoms with E-state index >= 15 is 0 Å². The van der Waals surface area contributed by atoms with Gasteiger partial charge in [0.05, 0.1) is 5.56 Å². The van der Waals surface area contributed by atoms with Crippen LogP contribution in [0.5, 0.6) is 0 Å². The molecule has 2 amide bonds. The van der Waals surface area contributed by atoms with Gasteiger partial charge in [0.1, 0.15) is 5.69 Å². The molecule has 0 fully saturated rings. The number of hydrogen-bond donors (Lipinski definition) is 0. The molecule has 2 rings (SSSR count). The van der Waals surface area contributed by atoms with Gasteiger partial charge in [-0.25, -0.2) is 0 Å². The molecular weight excluding hydrogens is 156 g/mol. The summed E-state index contributed by atoms with van der Waals surface area (Å²) in [6.45, 7) is 0. The summed E-state index contributed by atoms with van der Waals surface area (Å²) in [5, 5.41) is 0. The number of fused-ring (bicyclic) bond motifs is 1. The molecule has 4 heteroatoms. The van der Waals surface area contributed by atoms with Crippen LogP contribution in [0.4, 0.5) is 0 Å². The van der Waals surface area contributed by atoms with Gasteiger partial charge in [-0.05, 0) is 12.1 Å². The van der Waals surface area contributed by atoms with E-state index in [0.717, 1.165) is 4.90 Å². The van der Waals surface area contributed by atoms with Crippen LogP contribution in [0.25, 0.3) is 0 Å². The highest BCUT2D eigenvalue weighted by Crippen LogP contribution is 2.17. The molecule has 0 saturated heterocycles. The summed E-state index contributed by atoms with van der Waals surface area (Å²) < 4.78 is 0. The number of carbonyl (C=O) groups is 2. The van der Waals surface area contributed by atoms with Gasteiger partial charge in [-0.2, -0.15) is 0 Å². The van der Waals surface area contributed by atoms with Crippen molar-refractivity contribution >= 4 is 11.8 Å². The first-order valence-electron chi connectivity index (χ1n) is 3.49. The number of rotatable bonds is 0. The minimum atomic E-state index is -0.324. The van der Waals surface area contributed by atoms with E-state index in [2.05, 4.69) is 4.98 Å². The van der Waals surface area contributed by atoms with Crippen LogP contribution in [0.3, 0.4) is 0 Å². The first kappa shape index (κ1) is 6.97. The highest BCUT2D eigenvalue weighted by atomic mass is 16.2. The molecule has 0 bridgehead atoms. The third-order valence-corrected chi connectivity index (χ3v) is 1.85. The average molecular weight is 162 g/mol. The maximum absolute atomic E-state index is 11.3. The van der Waals surface area contributed by atoms with Crippen LogP contribution in [0, 0.1) is 0 Å². The molecule has 0 radical (unpaired) electrons. The summed E-state index contributed by atoms with van der Waals surface area (Å²) >= 11 is 0. The number of imide groups is 1. The van der Waals surface area contributed by atoms with E-state index < -0.39 is 0 Å². The second-order valence-electron chi connectivity index (χ2n) is 2.57. The summed E-state index contributed by atoms with van der Waals surface area (Å²) in [7, 11) is 1.45. The number of carbonyl (C=O) groups excluding carboxylic acids is 2. The fourth-order valence-electron chi connectivity index (χ4n) is 1.18. The molecule has 0 spiro atoms. The predicted molar refractivity (Wildman–Crippen MR) is 40.7 cm³/mol. The number of nitrogens with zero attached hydrogens (tertiary/aromatic N) is 2. The Balaban J connectivity index is 2.67. The molecule has 0 saturated carbocycles. The molecule has 1 aliphatic rings. The summed E-state index contributed by atoms with van der Waals surface area (Å²) in [6, 6.07) is 3.25. The van der Waals surface area contributed by atoms with Crippen molar-refractivity contribution in [2.45, 2.75) is 0 Å².